The van der Waals surface area contributed by atoms with E-state index in [0.717, 1.165) is 21.6 Å². The van der Waals surface area contributed by atoms with E-state index in [-0.39, 0.29) is 17.9 Å². The third-order valence-electron chi connectivity index (χ3n) is 5.24. The predicted octanol–water partition coefficient (Wildman–Crippen LogP) is -0.0543. The van der Waals surface area contributed by atoms with Gasteiger partial charge in [-0.05, 0) is 36.0 Å². The monoisotopic (exact) mass is 425 g/mol. The Hall–Kier alpha value is -1.97. The van der Waals surface area contributed by atoms with Crippen LogP contribution in [0.25, 0.3) is 0 Å². The van der Waals surface area contributed by atoms with Gasteiger partial charge in [-0.3, -0.25) is 10.1 Å². The van der Waals surface area contributed by atoms with Crippen LogP contribution in [-0.4, -0.2) is 64.4 Å². The fourth-order valence-corrected chi connectivity index (χ4v) is 5.45. The topological polar surface area (TPSA) is 100 Å². The summed E-state index contributed by atoms with van der Waals surface area (Å²) < 4.78 is 28.1. The predicted molar refractivity (Wildman–Crippen MR) is 112 cm³/mol. The number of hydrogen-bond acceptors (Lipinski definition) is 4. The maximum absolute atomic E-state index is 13.3. The first-order chi connectivity index (χ1) is 13.4. The number of aryl methyl sites for hydroxylation is 2. The summed E-state index contributed by atoms with van der Waals surface area (Å²) >= 11 is 0. The summed E-state index contributed by atoms with van der Waals surface area (Å²) in [4.78, 5) is 24.4. The van der Waals surface area contributed by atoms with Crippen molar-refractivity contribution in [1.29, 1.82) is 0 Å². The maximum atomic E-state index is 13.3. The summed E-state index contributed by atoms with van der Waals surface area (Å²) in [6, 6.07) is 3.38. The minimum atomic E-state index is -3.61. The minimum absolute atomic E-state index is 0.0535. The van der Waals surface area contributed by atoms with Crippen molar-refractivity contribution in [1.82, 2.24) is 14.9 Å². The molecule has 1 heterocycles. The molecule has 1 aromatic rings. The lowest BCUT2D eigenvalue weighted by Gasteiger charge is -2.32. The van der Waals surface area contributed by atoms with Gasteiger partial charge in [-0.1, -0.05) is 32.9 Å². The quantitative estimate of drug-likeness (QED) is 0.630. The molecule has 29 heavy (non-hydrogen) atoms. The Balaban J connectivity index is 2.11. The Kier molecular flexibility index (Phi) is 7.08. The summed E-state index contributed by atoms with van der Waals surface area (Å²) in [7, 11) is -2.16. The van der Waals surface area contributed by atoms with E-state index in [1.807, 2.05) is 26.0 Å². The first-order valence-corrected chi connectivity index (χ1v) is 11.3. The molecule has 8 nitrogen and oxygen atoms in total. The van der Waals surface area contributed by atoms with Gasteiger partial charge in [0.1, 0.15) is 0 Å². The first-order valence-electron chi connectivity index (χ1n) is 9.83. The Morgan fingerprint density at radius 2 is 1.62 bits per heavy atom. The molecule has 0 saturated carbocycles. The second-order valence-corrected chi connectivity index (χ2v) is 10.5. The highest BCUT2D eigenvalue weighted by Crippen LogP contribution is 2.30. The molecular formula is C20H33N4O4S+. The number of hydrogen-bond donors (Lipinski definition) is 3. The highest BCUT2D eigenvalue weighted by atomic mass is 32.2. The first kappa shape index (κ1) is 23.3. The van der Waals surface area contributed by atoms with Gasteiger partial charge in [-0.15, -0.1) is 0 Å². The van der Waals surface area contributed by atoms with Gasteiger partial charge in [0.25, 0.3) is 5.91 Å². The third-order valence-corrected chi connectivity index (χ3v) is 7.45. The molecule has 1 saturated heterocycles. The van der Waals surface area contributed by atoms with Gasteiger partial charge in [0, 0.05) is 7.05 Å². The fourth-order valence-electron chi connectivity index (χ4n) is 3.60. The number of carbonyl (C=O) groups excluding carboxylic acids is 2. The normalized spacial score (nSPS) is 16.5. The van der Waals surface area contributed by atoms with Crippen molar-refractivity contribution in [3.63, 3.8) is 0 Å². The number of benzene rings is 1. The number of sulfonamides is 1. The molecule has 1 aliphatic heterocycles. The van der Waals surface area contributed by atoms with Gasteiger partial charge in [0.2, 0.25) is 10.0 Å². The van der Waals surface area contributed by atoms with Crippen molar-refractivity contribution in [2.45, 2.75) is 44.9 Å². The molecule has 3 amide bonds. The van der Waals surface area contributed by atoms with Crippen molar-refractivity contribution in [2.75, 3.05) is 39.8 Å². The molecular weight excluding hydrogens is 392 g/mol. The zero-order valence-corrected chi connectivity index (χ0v) is 19.0. The zero-order valence-electron chi connectivity index (χ0n) is 18.2. The molecule has 162 valence electrons. The molecule has 1 aromatic carbocycles. The van der Waals surface area contributed by atoms with Gasteiger partial charge >= 0.3 is 6.03 Å². The molecule has 0 radical (unpaired) electrons. The molecule has 2 rings (SSSR count). The third kappa shape index (κ3) is 5.55. The van der Waals surface area contributed by atoms with Crippen LogP contribution in [0.4, 0.5) is 4.79 Å². The number of nitrogens with zero attached hydrogens (tertiary/aromatic N) is 1. The molecule has 0 atom stereocenters. The standard InChI is InChI=1S/C20H32N4O4S/c1-14-11-16(20(3,4)5)12-15(2)18(14)29(27,28)24-9-7-23(8-10-24)13-17(25)22-19(26)21-6/h11-12H,7-10,13H2,1-6H3,(H2,21,22,25,26)/p+1. The highest BCUT2D eigenvalue weighted by molar-refractivity contribution is 7.89. The van der Waals surface area contributed by atoms with E-state index < -0.39 is 16.1 Å². The molecule has 3 N–H and O–H groups in total. The van der Waals surface area contributed by atoms with Crippen LogP contribution in [0.3, 0.4) is 0 Å². The SMILES string of the molecule is CNC(=O)NC(=O)C[NH+]1CCN(S(=O)(=O)c2c(C)cc(C(C)(C)C)cc2C)CC1. The van der Waals surface area contributed by atoms with E-state index in [1.165, 1.54) is 11.4 Å². The van der Waals surface area contributed by atoms with Crippen LogP contribution in [-0.2, 0) is 20.2 Å². The van der Waals surface area contributed by atoms with E-state index >= 15 is 0 Å². The van der Waals surface area contributed by atoms with Crippen molar-refractivity contribution < 1.29 is 22.9 Å². The van der Waals surface area contributed by atoms with Crippen LogP contribution in [0.2, 0.25) is 0 Å². The number of carbonyl (C=O) groups is 2. The molecule has 0 aliphatic carbocycles. The second-order valence-electron chi connectivity index (χ2n) is 8.65. The largest absolute Gasteiger partial charge is 0.341 e. The van der Waals surface area contributed by atoms with Crippen LogP contribution >= 0.6 is 0 Å². The fraction of sp³-hybridized carbons (Fsp3) is 0.600. The summed E-state index contributed by atoms with van der Waals surface area (Å²) in [5, 5.41) is 4.57. The van der Waals surface area contributed by atoms with Crippen LogP contribution in [0, 0.1) is 13.8 Å². The van der Waals surface area contributed by atoms with Crippen LogP contribution < -0.4 is 15.5 Å². The Morgan fingerprint density at radius 3 is 2.07 bits per heavy atom. The number of piperazine rings is 1. The molecule has 0 spiro atoms. The van der Waals surface area contributed by atoms with E-state index in [0.29, 0.717) is 31.1 Å². The molecule has 0 aromatic heterocycles. The van der Waals surface area contributed by atoms with Crippen molar-refractivity contribution in [3.8, 4) is 0 Å². The Labute approximate surface area is 173 Å². The van der Waals surface area contributed by atoms with Crippen molar-refractivity contribution >= 4 is 22.0 Å². The Morgan fingerprint density at radius 1 is 1.10 bits per heavy atom. The van der Waals surface area contributed by atoms with Crippen molar-refractivity contribution in [3.05, 3.63) is 28.8 Å². The lowest BCUT2D eigenvalue weighted by atomic mass is 9.85. The number of urea groups is 1. The highest BCUT2D eigenvalue weighted by Gasteiger charge is 2.33. The van der Waals surface area contributed by atoms with Gasteiger partial charge < -0.3 is 10.2 Å². The number of quaternary nitrogens is 1. The summed E-state index contributed by atoms with van der Waals surface area (Å²) in [5.74, 6) is -0.375. The molecule has 1 aliphatic rings. The van der Waals surface area contributed by atoms with Gasteiger partial charge in [-0.2, -0.15) is 4.31 Å². The summed E-state index contributed by atoms with van der Waals surface area (Å²) in [6.07, 6.45) is 0. The van der Waals surface area contributed by atoms with Gasteiger partial charge in [0.05, 0.1) is 31.1 Å². The lowest BCUT2D eigenvalue weighted by molar-refractivity contribution is -0.895. The molecule has 9 heteroatoms. The van der Waals surface area contributed by atoms with E-state index in [9.17, 15) is 18.0 Å². The number of imide groups is 1. The number of rotatable bonds is 4. The van der Waals surface area contributed by atoms with Crippen molar-refractivity contribution in [2.24, 2.45) is 0 Å². The lowest BCUT2D eigenvalue weighted by Crippen LogP contribution is -3.15. The van der Waals surface area contributed by atoms with E-state index in [4.69, 9.17) is 0 Å². The number of nitrogens with one attached hydrogen (secondary N) is 3. The zero-order chi connectivity index (χ0) is 22.0. The minimum Gasteiger partial charge on any atom is -0.341 e. The molecule has 0 bridgehead atoms. The van der Waals surface area contributed by atoms with E-state index in [2.05, 4.69) is 31.4 Å². The van der Waals surface area contributed by atoms with Gasteiger partial charge in [-0.25, -0.2) is 13.2 Å². The summed E-state index contributed by atoms with van der Waals surface area (Å²) in [6.45, 7) is 11.9. The van der Waals surface area contributed by atoms with Gasteiger partial charge in [0.15, 0.2) is 6.54 Å². The Bertz CT molecular complexity index is 859. The summed E-state index contributed by atoms with van der Waals surface area (Å²) in [5.41, 5.74) is 2.58. The molecule has 0 unspecified atom stereocenters. The van der Waals surface area contributed by atoms with E-state index in [1.54, 1.807) is 0 Å². The molecule has 1 fully saturated rings. The smallest absolute Gasteiger partial charge is 0.321 e. The average Bonchev–Trinajstić information content (AvgIpc) is 2.60. The van der Waals surface area contributed by atoms with Crippen LogP contribution in [0.15, 0.2) is 17.0 Å². The second kappa shape index (κ2) is 8.81. The average molecular weight is 426 g/mol. The maximum Gasteiger partial charge on any atom is 0.321 e. The van der Waals surface area contributed by atoms with Crippen LogP contribution in [0.1, 0.15) is 37.5 Å². The number of amides is 3. The van der Waals surface area contributed by atoms with Crippen LogP contribution in [0.5, 0.6) is 0 Å².